The molecule has 0 saturated heterocycles. The largest absolute Gasteiger partial charge is 0.395 e. The number of rotatable bonds is 6. The number of imidazole rings is 1. The Morgan fingerprint density at radius 2 is 1.92 bits per heavy atom. The average molecular weight is 331 g/mol. The van der Waals surface area contributed by atoms with E-state index in [9.17, 15) is 8.78 Å². The van der Waals surface area contributed by atoms with Gasteiger partial charge < -0.3 is 10.4 Å². The molecule has 24 heavy (non-hydrogen) atoms. The zero-order chi connectivity index (χ0) is 16.9. The molecule has 0 unspecified atom stereocenters. The number of hydrogen-bond acceptors (Lipinski definition) is 5. The van der Waals surface area contributed by atoms with E-state index in [2.05, 4.69) is 20.3 Å². The maximum absolute atomic E-state index is 13.3. The van der Waals surface area contributed by atoms with Gasteiger partial charge in [0, 0.05) is 18.3 Å². The number of benzene rings is 1. The lowest BCUT2D eigenvalue weighted by Gasteiger charge is -2.09. The average Bonchev–Trinajstić information content (AvgIpc) is 3.05. The molecule has 8 heteroatoms. The summed E-state index contributed by atoms with van der Waals surface area (Å²) in [5.41, 5.74) is 2.10. The van der Waals surface area contributed by atoms with Gasteiger partial charge in [-0.3, -0.25) is 4.57 Å². The van der Waals surface area contributed by atoms with Crippen molar-refractivity contribution >= 4 is 5.95 Å². The Bertz CT molecular complexity index is 820. The van der Waals surface area contributed by atoms with E-state index in [-0.39, 0.29) is 12.4 Å². The van der Waals surface area contributed by atoms with Gasteiger partial charge in [-0.25, -0.2) is 23.7 Å². The second kappa shape index (κ2) is 7.14. The number of nitrogens with one attached hydrogen (secondary N) is 1. The molecule has 6 nitrogen and oxygen atoms in total. The standard InChI is InChI=1S/C16H15F2N5O/c17-9-23-10-21-14(11-1-3-12(18)4-2-11)15(23)13-5-6-19-16(22-13)20-7-8-24/h1-6,10,24H,7-9H2,(H,19,20,22). The number of aliphatic hydroxyl groups is 1. The van der Waals surface area contributed by atoms with Crippen LogP contribution in [0.1, 0.15) is 0 Å². The summed E-state index contributed by atoms with van der Waals surface area (Å²) in [4.78, 5) is 12.6. The summed E-state index contributed by atoms with van der Waals surface area (Å²) >= 11 is 0. The summed E-state index contributed by atoms with van der Waals surface area (Å²) in [7, 11) is 0. The van der Waals surface area contributed by atoms with E-state index in [0.29, 0.717) is 35.1 Å². The number of aliphatic hydroxyl groups excluding tert-OH is 1. The summed E-state index contributed by atoms with van der Waals surface area (Å²) in [6, 6.07) is 7.44. The summed E-state index contributed by atoms with van der Waals surface area (Å²) in [6.07, 6.45) is 2.91. The first-order valence-corrected chi connectivity index (χ1v) is 7.28. The number of aromatic nitrogens is 4. The second-order valence-electron chi connectivity index (χ2n) is 4.95. The van der Waals surface area contributed by atoms with Gasteiger partial charge in [0.2, 0.25) is 5.95 Å². The molecule has 0 bridgehead atoms. The van der Waals surface area contributed by atoms with Crippen molar-refractivity contribution in [3.63, 3.8) is 0 Å². The lowest BCUT2D eigenvalue weighted by atomic mass is 10.1. The van der Waals surface area contributed by atoms with Crippen molar-refractivity contribution in [2.75, 3.05) is 18.5 Å². The lowest BCUT2D eigenvalue weighted by Crippen LogP contribution is -2.09. The highest BCUT2D eigenvalue weighted by atomic mass is 19.1. The Balaban J connectivity index is 2.06. The minimum absolute atomic E-state index is 0.0587. The van der Waals surface area contributed by atoms with Crippen molar-refractivity contribution in [3.05, 3.63) is 48.7 Å². The van der Waals surface area contributed by atoms with Gasteiger partial charge in [0.05, 0.1) is 30.0 Å². The van der Waals surface area contributed by atoms with Crippen molar-refractivity contribution in [3.8, 4) is 22.6 Å². The van der Waals surface area contributed by atoms with Crippen LogP contribution in [0.5, 0.6) is 0 Å². The van der Waals surface area contributed by atoms with E-state index in [1.807, 2.05) is 0 Å². The molecule has 1 aromatic carbocycles. The fourth-order valence-corrected chi connectivity index (χ4v) is 2.30. The van der Waals surface area contributed by atoms with Crippen LogP contribution < -0.4 is 5.32 Å². The molecule has 2 heterocycles. The van der Waals surface area contributed by atoms with Crippen molar-refractivity contribution < 1.29 is 13.9 Å². The number of anilines is 1. The van der Waals surface area contributed by atoms with Crippen molar-refractivity contribution in [2.45, 2.75) is 6.80 Å². The van der Waals surface area contributed by atoms with Gasteiger partial charge >= 0.3 is 0 Å². The summed E-state index contributed by atoms with van der Waals surface area (Å²) in [6.45, 7) is -0.527. The molecule has 0 aliphatic rings. The molecule has 0 aliphatic carbocycles. The highest BCUT2D eigenvalue weighted by Gasteiger charge is 2.17. The topological polar surface area (TPSA) is 75.9 Å². The van der Waals surface area contributed by atoms with Crippen molar-refractivity contribution in [1.29, 1.82) is 0 Å². The number of alkyl halides is 1. The fourth-order valence-electron chi connectivity index (χ4n) is 2.30. The molecule has 124 valence electrons. The van der Waals surface area contributed by atoms with Crippen LogP contribution in [-0.4, -0.2) is 37.8 Å². The number of halogens is 2. The minimum Gasteiger partial charge on any atom is -0.395 e. The van der Waals surface area contributed by atoms with Crippen LogP contribution in [0.3, 0.4) is 0 Å². The van der Waals surface area contributed by atoms with Gasteiger partial charge in [0.15, 0.2) is 6.80 Å². The van der Waals surface area contributed by atoms with E-state index < -0.39 is 6.80 Å². The molecular weight excluding hydrogens is 316 g/mol. The highest BCUT2D eigenvalue weighted by molar-refractivity contribution is 5.77. The number of nitrogens with zero attached hydrogens (tertiary/aromatic N) is 4. The van der Waals surface area contributed by atoms with E-state index in [1.165, 1.54) is 29.2 Å². The van der Waals surface area contributed by atoms with E-state index in [1.54, 1.807) is 18.2 Å². The van der Waals surface area contributed by atoms with Crippen LogP contribution >= 0.6 is 0 Å². The molecule has 0 radical (unpaired) electrons. The number of hydrogen-bond donors (Lipinski definition) is 2. The lowest BCUT2D eigenvalue weighted by molar-refractivity contribution is 0.311. The maximum Gasteiger partial charge on any atom is 0.223 e. The minimum atomic E-state index is -0.771. The van der Waals surface area contributed by atoms with E-state index >= 15 is 0 Å². The Kier molecular flexibility index (Phi) is 4.76. The highest BCUT2D eigenvalue weighted by Crippen LogP contribution is 2.30. The summed E-state index contributed by atoms with van der Waals surface area (Å²) in [5, 5.41) is 11.7. The molecule has 0 atom stereocenters. The zero-order valence-electron chi connectivity index (χ0n) is 12.7. The monoisotopic (exact) mass is 331 g/mol. The van der Waals surface area contributed by atoms with Gasteiger partial charge in [0.1, 0.15) is 5.82 Å². The molecule has 3 aromatic rings. The van der Waals surface area contributed by atoms with E-state index in [0.717, 1.165) is 0 Å². The van der Waals surface area contributed by atoms with Gasteiger partial charge in [-0.15, -0.1) is 0 Å². The quantitative estimate of drug-likeness (QED) is 0.726. The maximum atomic E-state index is 13.3. The van der Waals surface area contributed by atoms with Crippen molar-refractivity contribution in [1.82, 2.24) is 19.5 Å². The van der Waals surface area contributed by atoms with Crippen LogP contribution in [0, 0.1) is 5.82 Å². The smallest absolute Gasteiger partial charge is 0.223 e. The predicted octanol–water partition coefficient (Wildman–Crippen LogP) is 2.48. The van der Waals surface area contributed by atoms with Gasteiger partial charge in [-0.2, -0.15) is 0 Å². The first-order valence-electron chi connectivity index (χ1n) is 7.28. The van der Waals surface area contributed by atoms with Crippen LogP contribution in [0.4, 0.5) is 14.7 Å². The van der Waals surface area contributed by atoms with Crippen LogP contribution in [0.25, 0.3) is 22.6 Å². The summed E-state index contributed by atoms with van der Waals surface area (Å²) < 4.78 is 27.8. The molecular formula is C16H15F2N5O. The molecule has 3 rings (SSSR count). The van der Waals surface area contributed by atoms with Gasteiger partial charge in [0.25, 0.3) is 0 Å². The molecule has 0 fully saturated rings. The normalized spacial score (nSPS) is 10.8. The first kappa shape index (κ1) is 16.0. The third kappa shape index (κ3) is 3.23. The zero-order valence-corrected chi connectivity index (χ0v) is 12.7. The SMILES string of the molecule is OCCNc1nccc(-c2c(-c3ccc(F)cc3)ncn2CF)n1. The van der Waals surface area contributed by atoms with Crippen LogP contribution in [0.2, 0.25) is 0 Å². The second-order valence-corrected chi connectivity index (χ2v) is 4.95. The van der Waals surface area contributed by atoms with E-state index in [4.69, 9.17) is 5.11 Å². The van der Waals surface area contributed by atoms with Gasteiger partial charge in [-0.1, -0.05) is 0 Å². The first-order chi connectivity index (χ1) is 11.7. The van der Waals surface area contributed by atoms with Gasteiger partial charge in [-0.05, 0) is 30.3 Å². The third-order valence-electron chi connectivity index (χ3n) is 3.38. The summed E-state index contributed by atoms with van der Waals surface area (Å²) in [5.74, 6) is -0.0408. The molecule has 0 amide bonds. The molecule has 0 aliphatic heterocycles. The van der Waals surface area contributed by atoms with Crippen LogP contribution in [0.15, 0.2) is 42.9 Å². The molecule has 2 aromatic heterocycles. The van der Waals surface area contributed by atoms with Crippen molar-refractivity contribution in [2.24, 2.45) is 0 Å². The Morgan fingerprint density at radius 3 is 2.62 bits per heavy atom. The predicted molar refractivity (Wildman–Crippen MR) is 85.3 cm³/mol. The van der Waals surface area contributed by atoms with Crippen LogP contribution in [-0.2, 0) is 6.80 Å². The molecule has 2 N–H and O–H groups in total. The molecule has 0 spiro atoms. The molecule has 0 saturated carbocycles. The Morgan fingerprint density at radius 1 is 1.12 bits per heavy atom. The third-order valence-corrected chi connectivity index (χ3v) is 3.38. The Hall–Kier alpha value is -2.87. The Labute approximate surface area is 136 Å². The fraction of sp³-hybridized carbons (Fsp3) is 0.188.